The van der Waals surface area contributed by atoms with E-state index in [0.29, 0.717) is 47.8 Å². The van der Waals surface area contributed by atoms with Crippen molar-refractivity contribution in [3.8, 4) is 0 Å². The number of aliphatic hydroxyl groups excluding tert-OH is 5. The van der Waals surface area contributed by atoms with E-state index in [4.69, 9.17) is 18.9 Å². The average Bonchev–Trinajstić information content (AvgIpc) is 3.41. The molecular weight excluding hydrogens is 540 g/mol. The van der Waals surface area contributed by atoms with Gasteiger partial charge < -0.3 is 44.5 Å². The minimum absolute atomic E-state index is 0.201. The molecule has 4 aliphatic carbocycles. The molecule has 0 aromatic carbocycles. The van der Waals surface area contributed by atoms with Crippen LogP contribution in [0.5, 0.6) is 0 Å². The minimum atomic E-state index is -1.47. The van der Waals surface area contributed by atoms with Crippen LogP contribution in [-0.4, -0.2) is 93.6 Å². The van der Waals surface area contributed by atoms with Crippen LogP contribution in [0, 0.1) is 52.3 Å². The van der Waals surface area contributed by atoms with E-state index in [2.05, 4.69) is 27.7 Å². The number of ether oxygens (including phenoxy) is 4. The SMILES string of the molecule is C[C@H]1CC[C@@]2(OC1)O[C@H]1C[C@H]3[C@@H]4CC[C@@H]5C[C@@H](O[C@@H]6O[C@H](CO)[C@@H](O)[C@H](O)[C@H]6O)C[C@@H](O)[C@]5(C)[C@H]4CC[C@]3(C)[C@H]1[C@@H]2C. The van der Waals surface area contributed by atoms with Crippen molar-refractivity contribution < 1.29 is 44.5 Å². The van der Waals surface area contributed by atoms with Gasteiger partial charge in [0.25, 0.3) is 0 Å². The molecule has 4 saturated carbocycles. The molecule has 18 atom stereocenters. The summed E-state index contributed by atoms with van der Waals surface area (Å²) in [6.07, 6.45) is 1.89. The fourth-order valence-electron chi connectivity index (χ4n) is 11.8. The second-order valence-corrected chi connectivity index (χ2v) is 16.0. The standard InChI is InChI=1S/C33H54O9/c1-16-7-10-33(39-15-16)17(2)26-23(42-33)13-22-20-6-5-18-11-19(40-30-29(38)28(37)27(36)24(14-34)41-30)12-25(35)32(18,4)21(20)8-9-31(22,26)3/h16-30,34-38H,5-15H2,1-4H3/t16-,17-,18+,19+,20+,21-,22-,23-,24+,25+,26-,27+,28-,29+,30+,31-,32-,33+/m0/s1. The highest BCUT2D eigenvalue weighted by Gasteiger charge is 2.70. The van der Waals surface area contributed by atoms with Crippen LogP contribution in [0.1, 0.15) is 85.5 Å². The van der Waals surface area contributed by atoms with Crippen LogP contribution in [0.15, 0.2) is 0 Å². The molecule has 3 aliphatic heterocycles. The number of fused-ring (bicyclic) bond motifs is 7. The van der Waals surface area contributed by atoms with Gasteiger partial charge >= 0.3 is 0 Å². The maximum atomic E-state index is 11.8. The van der Waals surface area contributed by atoms with Crippen LogP contribution in [-0.2, 0) is 18.9 Å². The summed E-state index contributed by atoms with van der Waals surface area (Å²) in [5.74, 6) is 3.04. The first-order valence-corrected chi connectivity index (χ1v) is 16.9. The highest BCUT2D eigenvalue weighted by atomic mass is 16.7. The Morgan fingerprint density at radius 3 is 2.36 bits per heavy atom. The molecule has 7 aliphatic rings. The Morgan fingerprint density at radius 2 is 1.64 bits per heavy atom. The molecule has 0 bridgehead atoms. The molecule has 0 radical (unpaired) electrons. The van der Waals surface area contributed by atoms with Crippen LogP contribution >= 0.6 is 0 Å². The smallest absolute Gasteiger partial charge is 0.186 e. The van der Waals surface area contributed by atoms with Gasteiger partial charge in [0, 0.05) is 18.8 Å². The molecule has 0 aromatic heterocycles. The zero-order valence-corrected chi connectivity index (χ0v) is 25.8. The van der Waals surface area contributed by atoms with Crippen molar-refractivity contribution in [3.05, 3.63) is 0 Å². The van der Waals surface area contributed by atoms with E-state index in [0.717, 1.165) is 45.1 Å². The number of rotatable bonds is 3. The van der Waals surface area contributed by atoms with Gasteiger partial charge in [-0.25, -0.2) is 0 Å². The van der Waals surface area contributed by atoms with Gasteiger partial charge in [0.1, 0.15) is 24.4 Å². The summed E-state index contributed by atoms with van der Waals surface area (Å²) in [6, 6.07) is 0. The summed E-state index contributed by atoms with van der Waals surface area (Å²) in [5.41, 5.74) is 0.0340. The monoisotopic (exact) mass is 594 g/mol. The third kappa shape index (κ3) is 4.28. The van der Waals surface area contributed by atoms with Gasteiger partial charge in [-0.05, 0) is 91.3 Å². The molecule has 0 amide bonds. The molecule has 9 nitrogen and oxygen atoms in total. The molecule has 240 valence electrons. The third-order valence-corrected chi connectivity index (χ3v) is 14.2. The van der Waals surface area contributed by atoms with Crippen LogP contribution in [0.2, 0.25) is 0 Å². The second-order valence-electron chi connectivity index (χ2n) is 16.0. The molecule has 9 heteroatoms. The van der Waals surface area contributed by atoms with Crippen LogP contribution in [0.25, 0.3) is 0 Å². The molecule has 7 fully saturated rings. The Kier molecular flexibility index (Phi) is 7.64. The second kappa shape index (κ2) is 10.6. The number of hydrogen-bond donors (Lipinski definition) is 5. The lowest BCUT2D eigenvalue weighted by Crippen LogP contribution is -2.62. The summed E-state index contributed by atoms with van der Waals surface area (Å²) in [5, 5.41) is 52.3. The predicted octanol–water partition coefficient (Wildman–Crippen LogP) is 2.59. The van der Waals surface area contributed by atoms with E-state index in [1.54, 1.807) is 0 Å². The van der Waals surface area contributed by atoms with Crippen molar-refractivity contribution >= 4 is 0 Å². The normalized spacial score (nSPS) is 60.9. The summed E-state index contributed by atoms with van der Waals surface area (Å²) in [6.45, 7) is 9.82. The molecule has 3 saturated heterocycles. The summed E-state index contributed by atoms with van der Waals surface area (Å²) < 4.78 is 25.2. The van der Waals surface area contributed by atoms with Crippen molar-refractivity contribution in [1.82, 2.24) is 0 Å². The van der Waals surface area contributed by atoms with E-state index in [1.165, 1.54) is 12.8 Å². The Hall–Kier alpha value is -0.360. The lowest BCUT2D eigenvalue weighted by Gasteiger charge is -2.62. The largest absolute Gasteiger partial charge is 0.394 e. The third-order valence-electron chi connectivity index (χ3n) is 14.2. The molecular formula is C33H54O9. The first-order chi connectivity index (χ1) is 19.9. The van der Waals surface area contributed by atoms with Gasteiger partial charge in [0.15, 0.2) is 12.1 Å². The molecule has 0 aromatic rings. The van der Waals surface area contributed by atoms with Crippen LogP contribution in [0.4, 0.5) is 0 Å². The van der Waals surface area contributed by atoms with E-state index in [1.807, 2.05) is 0 Å². The summed E-state index contributed by atoms with van der Waals surface area (Å²) in [4.78, 5) is 0. The van der Waals surface area contributed by atoms with Crippen LogP contribution in [0.3, 0.4) is 0 Å². The van der Waals surface area contributed by atoms with Crippen molar-refractivity contribution in [2.24, 2.45) is 52.3 Å². The number of aliphatic hydroxyl groups is 5. The van der Waals surface area contributed by atoms with Gasteiger partial charge in [0.2, 0.25) is 0 Å². The maximum Gasteiger partial charge on any atom is 0.186 e. The van der Waals surface area contributed by atoms with Gasteiger partial charge in [-0.2, -0.15) is 0 Å². The summed E-state index contributed by atoms with van der Waals surface area (Å²) >= 11 is 0. The fourth-order valence-corrected chi connectivity index (χ4v) is 11.8. The Balaban J connectivity index is 1.05. The van der Waals surface area contributed by atoms with Crippen LogP contribution < -0.4 is 0 Å². The van der Waals surface area contributed by atoms with Crippen molar-refractivity contribution in [2.75, 3.05) is 13.2 Å². The predicted molar refractivity (Wildman–Crippen MR) is 152 cm³/mol. The van der Waals surface area contributed by atoms with Gasteiger partial charge in [-0.1, -0.05) is 27.7 Å². The molecule has 0 unspecified atom stereocenters. The molecule has 7 rings (SSSR count). The first kappa shape index (κ1) is 30.3. The highest BCUT2D eigenvalue weighted by molar-refractivity contribution is 5.16. The molecule has 3 heterocycles. The van der Waals surface area contributed by atoms with E-state index in [9.17, 15) is 25.5 Å². The summed E-state index contributed by atoms with van der Waals surface area (Å²) in [7, 11) is 0. The van der Waals surface area contributed by atoms with E-state index >= 15 is 0 Å². The Bertz CT molecular complexity index is 1000. The minimum Gasteiger partial charge on any atom is -0.394 e. The average molecular weight is 595 g/mol. The Labute approximate surface area is 250 Å². The van der Waals surface area contributed by atoms with Crippen molar-refractivity contribution in [2.45, 2.75) is 140 Å². The number of hydrogen-bond acceptors (Lipinski definition) is 9. The maximum absolute atomic E-state index is 11.8. The van der Waals surface area contributed by atoms with Gasteiger partial charge in [-0.15, -0.1) is 0 Å². The van der Waals surface area contributed by atoms with E-state index in [-0.39, 0.29) is 23.0 Å². The fraction of sp³-hybridized carbons (Fsp3) is 1.00. The molecule has 5 N–H and O–H groups in total. The first-order valence-electron chi connectivity index (χ1n) is 16.9. The molecule has 1 spiro atoms. The lowest BCUT2D eigenvalue weighted by molar-refractivity contribution is -0.320. The Morgan fingerprint density at radius 1 is 0.857 bits per heavy atom. The topological polar surface area (TPSA) is 138 Å². The van der Waals surface area contributed by atoms with Gasteiger partial charge in [-0.3, -0.25) is 0 Å². The zero-order chi connectivity index (χ0) is 29.8. The highest BCUT2D eigenvalue weighted by Crippen LogP contribution is 2.71. The van der Waals surface area contributed by atoms with Crippen molar-refractivity contribution in [1.29, 1.82) is 0 Å². The zero-order valence-electron chi connectivity index (χ0n) is 25.8. The van der Waals surface area contributed by atoms with Gasteiger partial charge in [0.05, 0.1) is 31.5 Å². The quantitative estimate of drug-likeness (QED) is 0.312. The van der Waals surface area contributed by atoms with Crippen molar-refractivity contribution in [3.63, 3.8) is 0 Å². The van der Waals surface area contributed by atoms with E-state index < -0.39 is 49.2 Å². The molecule has 42 heavy (non-hydrogen) atoms. The lowest BCUT2D eigenvalue weighted by atomic mass is 9.43.